The van der Waals surface area contributed by atoms with Crippen molar-refractivity contribution in [2.75, 3.05) is 6.54 Å². The first-order valence-corrected chi connectivity index (χ1v) is 7.04. The van der Waals surface area contributed by atoms with Crippen LogP contribution in [0.1, 0.15) is 36.6 Å². The number of aromatic nitrogens is 1. The Morgan fingerprint density at radius 3 is 2.83 bits per heavy atom. The summed E-state index contributed by atoms with van der Waals surface area (Å²) in [5.74, 6) is 0. The highest BCUT2D eigenvalue weighted by atomic mass is 35.5. The van der Waals surface area contributed by atoms with Gasteiger partial charge in [-0.1, -0.05) is 30.2 Å². The van der Waals surface area contributed by atoms with Crippen molar-refractivity contribution in [1.82, 2.24) is 9.88 Å². The first-order chi connectivity index (χ1) is 8.70. The van der Waals surface area contributed by atoms with Crippen LogP contribution in [0.5, 0.6) is 0 Å². The number of hydrogen-bond acceptors (Lipinski definition) is 1. The van der Waals surface area contributed by atoms with E-state index in [9.17, 15) is 0 Å². The Labute approximate surface area is 113 Å². The standard InChI is InChI=1S/C15H19ClN2/c1-10-11-6-5-7-12(16)15(11)18(2)14(10)13-8-3-4-9-17-13/h5-7,13,17H,3-4,8-9H2,1-2H3. The van der Waals surface area contributed by atoms with Crippen molar-refractivity contribution < 1.29 is 0 Å². The lowest BCUT2D eigenvalue weighted by Crippen LogP contribution is -2.28. The molecule has 18 heavy (non-hydrogen) atoms. The van der Waals surface area contributed by atoms with Gasteiger partial charge in [0.25, 0.3) is 0 Å². The molecule has 0 radical (unpaired) electrons. The molecule has 1 aliphatic heterocycles. The Hall–Kier alpha value is -0.990. The molecule has 1 aliphatic rings. The average molecular weight is 263 g/mol. The van der Waals surface area contributed by atoms with E-state index in [0.717, 1.165) is 11.6 Å². The largest absolute Gasteiger partial charge is 0.345 e. The minimum Gasteiger partial charge on any atom is -0.345 e. The van der Waals surface area contributed by atoms with Crippen LogP contribution in [0.4, 0.5) is 0 Å². The second-order valence-corrected chi connectivity index (χ2v) is 5.61. The average Bonchev–Trinajstić information content (AvgIpc) is 2.64. The molecule has 0 spiro atoms. The van der Waals surface area contributed by atoms with E-state index in [1.807, 2.05) is 12.1 Å². The molecule has 1 aromatic carbocycles. The van der Waals surface area contributed by atoms with Crippen LogP contribution >= 0.6 is 11.6 Å². The quantitative estimate of drug-likeness (QED) is 0.823. The smallest absolute Gasteiger partial charge is 0.0672 e. The Morgan fingerprint density at radius 2 is 2.17 bits per heavy atom. The molecular formula is C15H19ClN2. The highest BCUT2D eigenvalue weighted by Crippen LogP contribution is 2.35. The summed E-state index contributed by atoms with van der Waals surface area (Å²) in [5.41, 5.74) is 3.94. The molecule has 2 nitrogen and oxygen atoms in total. The number of nitrogens with one attached hydrogen (secondary N) is 1. The molecule has 1 unspecified atom stereocenters. The molecule has 0 bridgehead atoms. The predicted octanol–water partition coefficient (Wildman–Crippen LogP) is 3.95. The number of nitrogens with zero attached hydrogens (tertiary/aromatic N) is 1. The Kier molecular flexibility index (Phi) is 3.08. The Morgan fingerprint density at radius 1 is 1.33 bits per heavy atom. The summed E-state index contributed by atoms with van der Waals surface area (Å²) in [7, 11) is 2.13. The molecule has 0 aliphatic carbocycles. The van der Waals surface area contributed by atoms with Gasteiger partial charge in [0.2, 0.25) is 0 Å². The third kappa shape index (κ3) is 1.75. The summed E-state index contributed by atoms with van der Waals surface area (Å²) in [5, 5.41) is 5.77. The van der Waals surface area contributed by atoms with E-state index in [1.54, 1.807) is 0 Å². The van der Waals surface area contributed by atoms with Crippen LogP contribution < -0.4 is 5.32 Å². The van der Waals surface area contributed by atoms with Gasteiger partial charge in [0.15, 0.2) is 0 Å². The zero-order chi connectivity index (χ0) is 12.7. The van der Waals surface area contributed by atoms with E-state index < -0.39 is 0 Å². The molecule has 1 N–H and O–H groups in total. The van der Waals surface area contributed by atoms with Gasteiger partial charge >= 0.3 is 0 Å². The van der Waals surface area contributed by atoms with Crippen LogP contribution in [0, 0.1) is 6.92 Å². The summed E-state index contributed by atoms with van der Waals surface area (Å²) in [4.78, 5) is 0. The number of aryl methyl sites for hydroxylation is 2. The summed E-state index contributed by atoms with van der Waals surface area (Å²) < 4.78 is 2.27. The predicted molar refractivity (Wildman–Crippen MR) is 77.3 cm³/mol. The minimum atomic E-state index is 0.479. The van der Waals surface area contributed by atoms with Crippen LogP contribution in [0.15, 0.2) is 18.2 Å². The van der Waals surface area contributed by atoms with Gasteiger partial charge in [-0.25, -0.2) is 0 Å². The normalized spacial score (nSPS) is 20.5. The number of halogens is 1. The van der Waals surface area contributed by atoms with Crippen molar-refractivity contribution in [3.8, 4) is 0 Å². The molecule has 1 aromatic heterocycles. The molecule has 2 aromatic rings. The van der Waals surface area contributed by atoms with Crippen molar-refractivity contribution in [3.05, 3.63) is 34.5 Å². The van der Waals surface area contributed by atoms with Crippen LogP contribution in [-0.2, 0) is 7.05 Å². The van der Waals surface area contributed by atoms with Crippen LogP contribution in [0.25, 0.3) is 10.9 Å². The van der Waals surface area contributed by atoms with Crippen molar-refractivity contribution >= 4 is 22.5 Å². The first kappa shape index (κ1) is 12.1. The molecular weight excluding hydrogens is 244 g/mol. The fourth-order valence-electron chi connectivity index (χ4n) is 3.25. The molecule has 2 heterocycles. The maximum Gasteiger partial charge on any atom is 0.0672 e. The van der Waals surface area contributed by atoms with Crippen LogP contribution in [0.2, 0.25) is 5.02 Å². The van der Waals surface area contributed by atoms with Gasteiger partial charge in [0, 0.05) is 24.2 Å². The van der Waals surface area contributed by atoms with E-state index >= 15 is 0 Å². The first-order valence-electron chi connectivity index (χ1n) is 6.67. The summed E-state index contributed by atoms with van der Waals surface area (Å²) in [6.07, 6.45) is 3.83. The SMILES string of the molecule is Cc1c(C2CCCCN2)n(C)c2c(Cl)cccc12. The van der Waals surface area contributed by atoms with Crippen molar-refractivity contribution in [2.24, 2.45) is 7.05 Å². The summed E-state index contributed by atoms with van der Waals surface area (Å²) >= 11 is 6.35. The van der Waals surface area contributed by atoms with Gasteiger partial charge in [-0.2, -0.15) is 0 Å². The van der Waals surface area contributed by atoms with Gasteiger partial charge in [0.05, 0.1) is 10.5 Å². The van der Waals surface area contributed by atoms with Crippen molar-refractivity contribution in [1.29, 1.82) is 0 Å². The zero-order valence-corrected chi connectivity index (χ0v) is 11.7. The maximum atomic E-state index is 6.35. The van der Waals surface area contributed by atoms with Crippen molar-refractivity contribution in [3.63, 3.8) is 0 Å². The van der Waals surface area contributed by atoms with Crippen LogP contribution in [0.3, 0.4) is 0 Å². The topological polar surface area (TPSA) is 17.0 Å². The zero-order valence-electron chi connectivity index (χ0n) is 11.0. The van der Waals surface area contributed by atoms with E-state index in [2.05, 4.69) is 29.9 Å². The van der Waals surface area contributed by atoms with Gasteiger partial charge in [-0.3, -0.25) is 0 Å². The third-order valence-corrected chi connectivity index (χ3v) is 4.42. The fraction of sp³-hybridized carbons (Fsp3) is 0.467. The second kappa shape index (κ2) is 4.60. The summed E-state index contributed by atoms with van der Waals surface area (Å²) in [6, 6.07) is 6.66. The molecule has 0 amide bonds. The lowest BCUT2D eigenvalue weighted by Gasteiger charge is -2.25. The van der Waals surface area contributed by atoms with Gasteiger partial charge in [-0.05, 0) is 37.9 Å². The molecule has 1 saturated heterocycles. The van der Waals surface area contributed by atoms with Crippen molar-refractivity contribution in [2.45, 2.75) is 32.2 Å². The molecule has 3 heteroatoms. The fourth-order valence-corrected chi connectivity index (χ4v) is 3.55. The monoisotopic (exact) mass is 262 g/mol. The maximum absolute atomic E-state index is 6.35. The second-order valence-electron chi connectivity index (χ2n) is 5.21. The number of benzene rings is 1. The van der Waals surface area contributed by atoms with Gasteiger partial charge in [0.1, 0.15) is 0 Å². The molecule has 1 fully saturated rings. The number of fused-ring (bicyclic) bond motifs is 1. The molecule has 3 rings (SSSR count). The number of para-hydroxylation sites is 1. The Balaban J connectivity index is 2.20. The minimum absolute atomic E-state index is 0.479. The van der Waals surface area contributed by atoms with Crippen LogP contribution in [-0.4, -0.2) is 11.1 Å². The third-order valence-electron chi connectivity index (χ3n) is 4.11. The lowest BCUT2D eigenvalue weighted by atomic mass is 9.99. The van der Waals surface area contributed by atoms with E-state index in [4.69, 9.17) is 11.6 Å². The van der Waals surface area contributed by atoms with Gasteiger partial charge < -0.3 is 9.88 Å². The lowest BCUT2D eigenvalue weighted by molar-refractivity contribution is 0.398. The number of piperidine rings is 1. The van der Waals surface area contributed by atoms with E-state index in [-0.39, 0.29) is 0 Å². The van der Waals surface area contributed by atoms with E-state index in [0.29, 0.717) is 6.04 Å². The number of rotatable bonds is 1. The van der Waals surface area contributed by atoms with E-state index in [1.165, 1.54) is 41.4 Å². The summed E-state index contributed by atoms with van der Waals surface area (Å²) in [6.45, 7) is 3.34. The highest BCUT2D eigenvalue weighted by molar-refractivity contribution is 6.35. The molecule has 0 saturated carbocycles. The number of hydrogen-bond donors (Lipinski definition) is 1. The van der Waals surface area contributed by atoms with Gasteiger partial charge in [-0.15, -0.1) is 0 Å². The Bertz CT molecular complexity index is 580. The molecule has 1 atom stereocenters. The highest BCUT2D eigenvalue weighted by Gasteiger charge is 2.22. The molecule has 96 valence electrons.